The molecule has 1 aliphatic rings. The molecule has 9 nitrogen and oxygen atoms in total. The van der Waals surface area contributed by atoms with Crippen LogP contribution in [-0.2, 0) is 16.0 Å². The van der Waals surface area contributed by atoms with Crippen molar-refractivity contribution in [1.29, 1.82) is 0 Å². The first-order chi connectivity index (χ1) is 14.8. The Morgan fingerprint density at radius 3 is 2.19 bits per heavy atom. The quantitative estimate of drug-likeness (QED) is 0.684. The summed E-state index contributed by atoms with van der Waals surface area (Å²) in [5, 5.41) is 6.48. The Hall–Kier alpha value is -2.55. The molecule has 0 unspecified atom stereocenters. The minimum absolute atomic E-state index is 0.333. The van der Waals surface area contributed by atoms with Crippen LogP contribution in [0.1, 0.15) is 59.9 Å². The average molecular weight is 451 g/mol. The number of nitrogens with one attached hydrogen (secondary N) is 2. The minimum atomic E-state index is -0.593. The Balaban J connectivity index is 2.02. The van der Waals surface area contributed by atoms with Crippen LogP contribution in [0.5, 0.6) is 5.88 Å². The van der Waals surface area contributed by atoms with Crippen molar-refractivity contribution in [2.24, 2.45) is 0 Å². The van der Waals surface area contributed by atoms with E-state index in [2.05, 4.69) is 15.6 Å². The standard InChI is InChI=1S/C23H38N4O5/c1-21(2,3)31-19(28)26-23(16-24-14-17-8-9-18(30-7)25-15-17)10-12-27(13-11-23)20(29)32-22(4,5)6/h8-9,15,24H,10-14,16H2,1-7H3,(H,26,28). The van der Waals surface area contributed by atoms with Crippen molar-refractivity contribution >= 4 is 12.2 Å². The van der Waals surface area contributed by atoms with Gasteiger partial charge < -0.3 is 29.7 Å². The summed E-state index contributed by atoms with van der Waals surface area (Å²) in [5.74, 6) is 0.561. The Bertz CT molecular complexity index is 760. The van der Waals surface area contributed by atoms with Crippen LogP contribution in [0.3, 0.4) is 0 Å². The Morgan fingerprint density at radius 1 is 1.06 bits per heavy atom. The summed E-state index contributed by atoms with van der Waals surface area (Å²) in [5.41, 5.74) is -0.677. The van der Waals surface area contributed by atoms with E-state index in [1.165, 1.54) is 0 Å². The molecule has 9 heteroatoms. The predicted molar refractivity (Wildman–Crippen MR) is 122 cm³/mol. The van der Waals surface area contributed by atoms with E-state index in [1.807, 2.05) is 53.7 Å². The van der Waals surface area contributed by atoms with Gasteiger partial charge in [0.15, 0.2) is 0 Å². The zero-order chi connectivity index (χ0) is 24.0. The third-order valence-electron chi connectivity index (χ3n) is 4.94. The molecule has 2 amide bonds. The van der Waals surface area contributed by atoms with Crippen LogP contribution in [0.25, 0.3) is 0 Å². The van der Waals surface area contributed by atoms with Gasteiger partial charge in [-0.3, -0.25) is 0 Å². The number of rotatable bonds is 6. The Kier molecular flexibility index (Phi) is 8.34. The number of likely N-dealkylation sites (tertiary alicyclic amines) is 1. The van der Waals surface area contributed by atoms with Crippen LogP contribution in [-0.4, -0.2) is 65.6 Å². The van der Waals surface area contributed by atoms with Gasteiger partial charge in [0.1, 0.15) is 11.2 Å². The molecule has 0 spiro atoms. The zero-order valence-corrected chi connectivity index (χ0v) is 20.4. The second-order valence-corrected chi connectivity index (χ2v) is 10.2. The van der Waals surface area contributed by atoms with E-state index in [9.17, 15) is 9.59 Å². The van der Waals surface area contributed by atoms with E-state index >= 15 is 0 Å². The third-order valence-corrected chi connectivity index (χ3v) is 4.94. The first-order valence-corrected chi connectivity index (χ1v) is 11.0. The van der Waals surface area contributed by atoms with Gasteiger partial charge in [0, 0.05) is 38.4 Å². The number of carbonyl (C=O) groups excluding carboxylic acids is 2. The highest BCUT2D eigenvalue weighted by Crippen LogP contribution is 2.24. The van der Waals surface area contributed by atoms with Crippen LogP contribution in [0, 0.1) is 0 Å². The lowest BCUT2D eigenvalue weighted by Gasteiger charge is -2.42. The molecule has 2 heterocycles. The number of pyridine rings is 1. The highest BCUT2D eigenvalue weighted by molar-refractivity contribution is 5.70. The fourth-order valence-corrected chi connectivity index (χ4v) is 3.39. The fraction of sp³-hybridized carbons (Fsp3) is 0.696. The van der Waals surface area contributed by atoms with E-state index in [1.54, 1.807) is 18.2 Å². The molecular weight excluding hydrogens is 412 g/mol. The van der Waals surface area contributed by atoms with Crippen LogP contribution < -0.4 is 15.4 Å². The molecule has 1 aromatic rings. The van der Waals surface area contributed by atoms with Crippen molar-refractivity contribution in [1.82, 2.24) is 20.5 Å². The fourth-order valence-electron chi connectivity index (χ4n) is 3.39. The largest absolute Gasteiger partial charge is 0.481 e. The first-order valence-electron chi connectivity index (χ1n) is 11.0. The summed E-state index contributed by atoms with van der Waals surface area (Å²) < 4.78 is 16.1. The molecule has 2 N–H and O–H groups in total. The van der Waals surface area contributed by atoms with Gasteiger partial charge >= 0.3 is 12.2 Å². The summed E-state index contributed by atoms with van der Waals surface area (Å²) in [4.78, 5) is 30.9. The molecule has 1 aromatic heterocycles. The van der Waals surface area contributed by atoms with Gasteiger partial charge in [0.05, 0.1) is 12.6 Å². The van der Waals surface area contributed by atoms with Crippen molar-refractivity contribution in [2.75, 3.05) is 26.7 Å². The summed E-state index contributed by atoms with van der Waals surface area (Å²) >= 11 is 0. The molecule has 0 aliphatic carbocycles. The number of ether oxygens (including phenoxy) is 3. The topological polar surface area (TPSA) is 102 Å². The van der Waals surface area contributed by atoms with Crippen molar-refractivity contribution in [3.05, 3.63) is 23.9 Å². The molecule has 32 heavy (non-hydrogen) atoms. The van der Waals surface area contributed by atoms with E-state index < -0.39 is 22.8 Å². The molecule has 1 aliphatic heterocycles. The second kappa shape index (κ2) is 10.4. The maximum Gasteiger partial charge on any atom is 0.410 e. The molecule has 0 atom stereocenters. The maximum atomic E-state index is 12.5. The van der Waals surface area contributed by atoms with Crippen molar-refractivity contribution in [3.8, 4) is 5.88 Å². The normalized spacial score (nSPS) is 16.3. The van der Waals surface area contributed by atoms with Crippen LogP contribution >= 0.6 is 0 Å². The maximum absolute atomic E-state index is 12.5. The summed E-state index contributed by atoms with van der Waals surface area (Å²) in [7, 11) is 1.58. The lowest BCUT2D eigenvalue weighted by atomic mass is 9.87. The van der Waals surface area contributed by atoms with Gasteiger partial charge in [-0.15, -0.1) is 0 Å². The highest BCUT2D eigenvalue weighted by atomic mass is 16.6. The monoisotopic (exact) mass is 450 g/mol. The molecule has 0 aromatic carbocycles. The number of amides is 2. The summed E-state index contributed by atoms with van der Waals surface area (Å²) in [6.45, 7) is 13.1. The second-order valence-electron chi connectivity index (χ2n) is 10.2. The zero-order valence-electron chi connectivity index (χ0n) is 20.4. The average Bonchev–Trinajstić information content (AvgIpc) is 2.66. The number of piperidine rings is 1. The van der Waals surface area contributed by atoms with Crippen molar-refractivity contribution in [2.45, 2.75) is 77.7 Å². The molecule has 0 bridgehead atoms. The van der Waals surface area contributed by atoms with Crippen LogP contribution in [0.4, 0.5) is 9.59 Å². The lowest BCUT2D eigenvalue weighted by Crippen LogP contribution is -2.61. The lowest BCUT2D eigenvalue weighted by molar-refractivity contribution is 0.0120. The van der Waals surface area contributed by atoms with Crippen LogP contribution in [0.2, 0.25) is 0 Å². The van der Waals surface area contributed by atoms with E-state index in [4.69, 9.17) is 14.2 Å². The highest BCUT2D eigenvalue weighted by Gasteiger charge is 2.39. The van der Waals surface area contributed by atoms with Gasteiger partial charge in [0.2, 0.25) is 5.88 Å². The summed E-state index contributed by atoms with van der Waals surface area (Å²) in [6, 6.07) is 3.75. The molecular formula is C23H38N4O5. The van der Waals surface area contributed by atoms with E-state index in [0.717, 1.165) is 5.56 Å². The molecule has 180 valence electrons. The van der Waals surface area contributed by atoms with E-state index in [-0.39, 0.29) is 6.09 Å². The molecule has 1 fully saturated rings. The van der Waals surface area contributed by atoms with Gasteiger partial charge in [-0.05, 0) is 59.9 Å². The molecule has 0 radical (unpaired) electrons. The summed E-state index contributed by atoms with van der Waals surface area (Å²) in [6.07, 6.45) is 2.13. The number of nitrogens with zero attached hydrogens (tertiary/aromatic N) is 2. The van der Waals surface area contributed by atoms with E-state index in [0.29, 0.717) is 44.9 Å². The number of hydrogen-bond donors (Lipinski definition) is 2. The number of hydrogen-bond acceptors (Lipinski definition) is 7. The van der Waals surface area contributed by atoms with Crippen molar-refractivity contribution in [3.63, 3.8) is 0 Å². The number of aromatic nitrogens is 1. The number of methoxy groups -OCH3 is 1. The third kappa shape index (κ3) is 8.53. The molecule has 1 saturated heterocycles. The van der Waals surface area contributed by atoms with Gasteiger partial charge in [-0.25, -0.2) is 14.6 Å². The van der Waals surface area contributed by atoms with Crippen LogP contribution in [0.15, 0.2) is 18.3 Å². The Labute approximate surface area is 191 Å². The molecule has 0 saturated carbocycles. The predicted octanol–water partition coefficient (Wildman–Crippen LogP) is 3.47. The van der Waals surface area contributed by atoms with Gasteiger partial charge in [0.25, 0.3) is 0 Å². The smallest absolute Gasteiger partial charge is 0.410 e. The van der Waals surface area contributed by atoms with Gasteiger partial charge in [-0.2, -0.15) is 0 Å². The number of alkyl carbamates (subject to hydrolysis) is 1. The Morgan fingerprint density at radius 2 is 1.69 bits per heavy atom. The molecule has 2 rings (SSSR count). The number of carbonyl (C=O) groups is 2. The minimum Gasteiger partial charge on any atom is -0.481 e. The van der Waals surface area contributed by atoms with Crippen molar-refractivity contribution < 1.29 is 23.8 Å². The SMILES string of the molecule is COc1ccc(CNCC2(NC(=O)OC(C)(C)C)CCN(C(=O)OC(C)(C)C)CC2)cn1. The van der Waals surface area contributed by atoms with Gasteiger partial charge in [-0.1, -0.05) is 6.07 Å². The first kappa shape index (κ1) is 25.7.